The minimum Gasteiger partial charge on any atom is -0.354 e. The minimum absolute atomic E-state index is 0.0933. The van der Waals surface area contributed by atoms with Crippen LogP contribution in [0.25, 0.3) is 0 Å². The van der Waals surface area contributed by atoms with Crippen molar-refractivity contribution in [3.05, 3.63) is 59.0 Å². The minimum atomic E-state index is -0.484. The van der Waals surface area contributed by atoms with E-state index in [0.717, 1.165) is 12.1 Å². The normalized spacial score (nSPS) is 10.0. The fourth-order valence-corrected chi connectivity index (χ4v) is 1.38. The molecule has 0 unspecified atom stereocenters. The molecule has 0 spiro atoms. The second kappa shape index (κ2) is 4.69. The van der Waals surface area contributed by atoms with Crippen molar-refractivity contribution in [2.75, 3.05) is 5.32 Å². The van der Waals surface area contributed by atoms with Gasteiger partial charge >= 0.3 is 0 Å². The zero-order valence-electron chi connectivity index (χ0n) is 8.65. The summed E-state index contributed by atoms with van der Waals surface area (Å²) in [4.78, 5) is 10.5. The van der Waals surface area contributed by atoms with Gasteiger partial charge in [0.25, 0.3) is 0 Å². The summed E-state index contributed by atoms with van der Waals surface area (Å²) in [5.74, 6) is -0.856. The summed E-state index contributed by atoms with van der Waals surface area (Å²) in [6, 6.07) is 9.05. The Bertz CT molecular complexity index is 541. The number of nitrogens with zero attached hydrogens (tertiary/aromatic N) is 1. The lowest BCUT2D eigenvalue weighted by atomic mass is 10.2. The van der Waals surface area contributed by atoms with Crippen LogP contribution < -0.4 is 5.32 Å². The number of benzene rings is 2. The van der Waals surface area contributed by atoms with Crippen molar-refractivity contribution in [1.29, 1.82) is 0 Å². The maximum Gasteiger partial charge on any atom is 0.131 e. The van der Waals surface area contributed by atoms with Gasteiger partial charge in [0.2, 0.25) is 0 Å². The summed E-state index contributed by atoms with van der Waals surface area (Å²) in [6.07, 6.45) is 0. The fraction of sp³-hybridized carbons (Fsp3) is 0. The average Bonchev–Trinajstić information content (AvgIpc) is 2.32. The van der Waals surface area contributed by atoms with Crippen LogP contribution in [-0.2, 0) is 0 Å². The van der Waals surface area contributed by atoms with E-state index in [1.165, 1.54) is 30.3 Å². The number of rotatable bonds is 3. The van der Waals surface area contributed by atoms with E-state index in [-0.39, 0.29) is 17.2 Å². The maximum atomic E-state index is 13.0. The first-order valence-electron chi connectivity index (χ1n) is 4.84. The molecule has 2 aromatic rings. The largest absolute Gasteiger partial charge is 0.354 e. The van der Waals surface area contributed by atoms with Crippen LogP contribution in [0.15, 0.2) is 47.6 Å². The van der Waals surface area contributed by atoms with Crippen molar-refractivity contribution in [3.63, 3.8) is 0 Å². The van der Waals surface area contributed by atoms with Crippen LogP contribution in [0.1, 0.15) is 0 Å². The van der Waals surface area contributed by atoms with Crippen LogP contribution in [0.5, 0.6) is 0 Å². The Labute approximate surface area is 96.1 Å². The van der Waals surface area contributed by atoms with E-state index in [1.54, 1.807) is 0 Å². The molecule has 0 aromatic heterocycles. The van der Waals surface area contributed by atoms with Crippen molar-refractivity contribution >= 4 is 17.1 Å². The molecule has 0 aliphatic carbocycles. The highest BCUT2D eigenvalue weighted by Crippen LogP contribution is 2.28. The number of nitroso groups, excluding NO2 is 1. The summed E-state index contributed by atoms with van der Waals surface area (Å²) in [5, 5.41) is 5.56. The van der Waals surface area contributed by atoms with E-state index in [1.807, 2.05) is 0 Å². The summed E-state index contributed by atoms with van der Waals surface area (Å²) < 4.78 is 25.7. The molecule has 17 heavy (non-hydrogen) atoms. The molecule has 0 amide bonds. The monoisotopic (exact) mass is 234 g/mol. The molecule has 0 saturated heterocycles. The SMILES string of the molecule is O=Nc1ccc(F)cc1Nc1ccc(F)cc1. The van der Waals surface area contributed by atoms with Crippen LogP contribution in [0.2, 0.25) is 0 Å². The van der Waals surface area contributed by atoms with Gasteiger partial charge in [-0.05, 0) is 47.6 Å². The zero-order chi connectivity index (χ0) is 12.3. The third kappa shape index (κ3) is 2.63. The lowest BCUT2D eigenvalue weighted by Crippen LogP contribution is -1.91. The van der Waals surface area contributed by atoms with Gasteiger partial charge in [0, 0.05) is 5.69 Å². The molecule has 0 fully saturated rings. The highest BCUT2D eigenvalue weighted by Gasteiger charge is 2.05. The molecule has 2 rings (SSSR count). The van der Waals surface area contributed by atoms with Gasteiger partial charge in [-0.1, -0.05) is 0 Å². The van der Waals surface area contributed by atoms with Gasteiger partial charge in [0.15, 0.2) is 0 Å². The van der Waals surface area contributed by atoms with Gasteiger partial charge in [-0.25, -0.2) is 8.78 Å². The van der Waals surface area contributed by atoms with Gasteiger partial charge in [-0.2, -0.15) is 0 Å². The van der Waals surface area contributed by atoms with E-state index in [9.17, 15) is 13.7 Å². The molecular weight excluding hydrogens is 226 g/mol. The van der Waals surface area contributed by atoms with Crippen molar-refractivity contribution in [2.24, 2.45) is 5.18 Å². The average molecular weight is 234 g/mol. The van der Waals surface area contributed by atoms with Crippen molar-refractivity contribution in [2.45, 2.75) is 0 Å². The van der Waals surface area contributed by atoms with E-state index >= 15 is 0 Å². The number of hydrogen-bond donors (Lipinski definition) is 1. The zero-order valence-corrected chi connectivity index (χ0v) is 8.65. The van der Waals surface area contributed by atoms with E-state index in [2.05, 4.69) is 10.5 Å². The number of hydrogen-bond acceptors (Lipinski definition) is 3. The quantitative estimate of drug-likeness (QED) is 0.812. The van der Waals surface area contributed by atoms with Crippen LogP contribution in [0, 0.1) is 16.5 Å². The molecule has 0 atom stereocenters. The molecule has 0 radical (unpaired) electrons. The standard InChI is InChI=1S/C12H8F2N2O/c13-8-1-4-10(5-2-8)15-12-7-9(14)3-6-11(12)16-17/h1-7,15H. The Balaban J connectivity index is 2.31. The molecule has 0 heterocycles. The molecule has 2 aromatic carbocycles. The summed E-state index contributed by atoms with van der Waals surface area (Å²) in [5.41, 5.74) is 0.879. The number of anilines is 2. The highest BCUT2D eigenvalue weighted by molar-refractivity contribution is 5.71. The fourth-order valence-electron chi connectivity index (χ4n) is 1.38. The first-order valence-corrected chi connectivity index (χ1v) is 4.84. The Hall–Kier alpha value is -2.30. The molecular formula is C12H8F2N2O. The predicted molar refractivity (Wildman–Crippen MR) is 61.5 cm³/mol. The van der Waals surface area contributed by atoms with Crippen LogP contribution in [0.4, 0.5) is 25.8 Å². The van der Waals surface area contributed by atoms with Crippen LogP contribution >= 0.6 is 0 Å². The molecule has 0 aliphatic heterocycles. The number of halogens is 2. The topological polar surface area (TPSA) is 41.5 Å². The Morgan fingerprint density at radius 3 is 2.24 bits per heavy atom. The molecule has 0 aliphatic rings. The summed E-state index contributed by atoms with van der Waals surface area (Å²) in [6.45, 7) is 0. The second-order valence-corrected chi connectivity index (χ2v) is 3.38. The predicted octanol–water partition coefficient (Wildman–Crippen LogP) is 4.11. The third-order valence-corrected chi connectivity index (χ3v) is 2.18. The van der Waals surface area contributed by atoms with Crippen LogP contribution in [0.3, 0.4) is 0 Å². The first-order chi connectivity index (χ1) is 8.19. The van der Waals surface area contributed by atoms with Gasteiger partial charge in [-0.15, -0.1) is 4.91 Å². The Morgan fingerprint density at radius 1 is 0.941 bits per heavy atom. The molecule has 86 valence electrons. The van der Waals surface area contributed by atoms with E-state index in [4.69, 9.17) is 0 Å². The van der Waals surface area contributed by atoms with Gasteiger partial charge < -0.3 is 5.32 Å². The van der Waals surface area contributed by atoms with Crippen molar-refractivity contribution < 1.29 is 8.78 Å². The van der Waals surface area contributed by atoms with Gasteiger partial charge in [-0.3, -0.25) is 0 Å². The highest BCUT2D eigenvalue weighted by atomic mass is 19.1. The maximum absolute atomic E-state index is 13.0. The van der Waals surface area contributed by atoms with Crippen molar-refractivity contribution in [1.82, 2.24) is 0 Å². The summed E-state index contributed by atoms with van der Waals surface area (Å²) >= 11 is 0. The Kier molecular flexibility index (Phi) is 3.09. The molecule has 1 N–H and O–H groups in total. The first kappa shape index (κ1) is 11.2. The molecule has 3 nitrogen and oxygen atoms in total. The molecule has 5 heteroatoms. The Morgan fingerprint density at radius 2 is 1.59 bits per heavy atom. The number of nitrogens with one attached hydrogen (secondary N) is 1. The van der Waals surface area contributed by atoms with Crippen LogP contribution in [-0.4, -0.2) is 0 Å². The molecule has 0 bridgehead atoms. The van der Waals surface area contributed by atoms with E-state index < -0.39 is 5.82 Å². The van der Waals surface area contributed by atoms with Gasteiger partial charge in [0.05, 0.1) is 5.69 Å². The molecule has 0 saturated carbocycles. The smallest absolute Gasteiger partial charge is 0.131 e. The van der Waals surface area contributed by atoms with Gasteiger partial charge in [0.1, 0.15) is 17.3 Å². The lowest BCUT2D eigenvalue weighted by molar-refractivity contribution is 0.627. The summed E-state index contributed by atoms with van der Waals surface area (Å²) in [7, 11) is 0. The van der Waals surface area contributed by atoms with Crippen molar-refractivity contribution in [3.8, 4) is 0 Å². The second-order valence-electron chi connectivity index (χ2n) is 3.38. The third-order valence-electron chi connectivity index (χ3n) is 2.18. The lowest BCUT2D eigenvalue weighted by Gasteiger charge is -2.07. The van der Waals surface area contributed by atoms with E-state index in [0.29, 0.717) is 5.69 Å².